The van der Waals surface area contributed by atoms with Gasteiger partial charge in [0, 0.05) is 44.9 Å². The van der Waals surface area contributed by atoms with Gasteiger partial charge in [0.1, 0.15) is 35.9 Å². The summed E-state index contributed by atoms with van der Waals surface area (Å²) in [5, 5.41) is 0. The lowest BCUT2D eigenvalue weighted by atomic mass is 9.83. The highest BCUT2D eigenvalue weighted by molar-refractivity contribution is 5.94. The molecule has 54 heavy (non-hydrogen) atoms. The topological polar surface area (TPSA) is 199 Å². The minimum atomic E-state index is -1.50. The first-order valence-corrected chi connectivity index (χ1v) is 17.0. The normalized spacial score (nSPS) is 23.6. The maximum Gasteiger partial charge on any atom is 0.352 e. The van der Waals surface area contributed by atoms with Crippen LogP contribution in [0, 0.1) is 0 Å². The van der Waals surface area contributed by atoms with Crippen LogP contribution in [-0.4, -0.2) is 86.5 Å². The van der Waals surface area contributed by atoms with E-state index in [9.17, 15) is 33.6 Å². The van der Waals surface area contributed by atoms with Crippen molar-refractivity contribution in [3.63, 3.8) is 0 Å². The third-order valence-corrected chi connectivity index (χ3v) is 9.16. The molecule has 286 valence electrons. The second-order valence-corrected chi connectivity index (χ2v) is 13.5. The largest absolute Gasteiger partial charge is 0.483 e. The lowest BCUT2D eigenvalue weighted by Crippen LogP contribution is -2.63. The Bertz CT molecular complexity index is 2180. The van der Waals surface area contributed by atoms with Gasteiger partial charge in [-0.05, 0) is 62.7 Å². The van der Waals surface area contributed by atoms with E-state index in [1.165, 1.54) is 29.3 Å². The molecular formula is C37H39N3O14. The van der Waals surface area contributed by atoms with Crippen LogP contribution in [0.2, 0.25) is 0 Å². The smallest absolute Gasteiger partial charge is 0.352 e. The first kappa shape index (κ1) is 37.8. The van der Waals surface area contributed by atoms with Gasteiger partial charge in [-0.2, -0.15) is 0 Å². The molecule has 0 spiro atoms. The van der Waals surface area contributed by atoms with Crippen LogP contribution in [0.3, 0.4) is 0 Å². The van der Waals surface area contributed by atoms with Gasteiger partial charge in [0.15, 0.2) is 18.0 Å². The molecule has 1 fully saturated rings. The van der Waals surface area contributed by atoms with Crippen LogP contribution in [0.1, 0.15) is 70.4 Å². The molecule has 4 heterocycles. The van der Waals surface area contributed by atoms with Gasteiger partial charge in [-0.15, -0.1) is 0 Å². The van der Waals surface area contributed by atoms with Crippen molar-refractivity contribution < 1.29 is 57.1 Å². The van der Waals surface area contributed by atoms with Crippen molar-refractivity contribution in [3.8, 4) is 17.2 Å². The molecule has 6 atom stereocenters. The van der Waals surface area contributed by atoms with Gasteiger partial charge in [0.05, 0.1) is 12.2 Å². The Labute approximate surface area is 307 Å². The number of fused-ring (bicyclic) bond motifs is 5. The van der Waals surface area contributed by atoms with Crippen LogP contribution in [0.25, 0.3) is 5.69 Å². The molecule has 0 amide bonds. The van der Waals surface area contributed by atoms with Gasteiger partial charge in [-0.25, -0.2) is 23.5 Å². The molecule has 3 aromatic rings. The number of nitrogens with zero attached hydrogens (tertiary/aromatic N) is 3. The molecule has 1 aromatic heterocycles. The van der Waals surface area contributed by atoms with Crippen molar-refractivity contribution in [1.29, 1.82) is 0 Å². The highest BCUT2D eigenvalue weighted by atomic mass is 16.7. The molecule has 1 unspecified atom stereocenters. The van der Waals surface area contributed by atoms with E-state index in [1.807, 2.05) is 19.9 Å². The summed E-state index contributed by atoms with van der Waals surface area (Å²) in [5.41, 5.74) is -0.166. The predicted octanol–water partition coefficient (Wildman–Crippen LogP) is 2.17. The molecule has 3 aliphatic rings. The Hall–Kier alpha value is -5.97. The summed E-state index contributed by atoms with van der Waals surface area (Å²) in [4.78, 5) is 88.0. The van der Waals surface area contributed by atoms with Gasteiger partial charge in [-0.3, -0.25) is 24.0 Å². The molecule has 3 aliphatic heterocycles. The standard InChI is InChI=1S/C37H39N3O14/c1-18(41)23-8-10-24(11-9-23)39-35(46)38-15-14-27-30(40(38)36(39)47)26-13-12-25(16-28(26)54-37(27,6)7)52-34-33(51-22(5)45)32(50-21(4)44)31(49-20(3)43)29(53-34)17-48-19(2)42/h8-14,16,29-34H,15,17H2,1-7H3/t29-,30?,31-,32+,33-,34-/m1/s1. The minimum absolute atomic E-state index is 0.102. The zero-order chi connectivity index (χ0) is 39.2. The zero-order valence-corrected chi connectivity index (χ0v) is 30.6. The molecular weight excluding hydrogens is 710 g/mol. The first-order valence-electron chi connectivity index (χ1n) is 17.0. The number of ketones is 1. The van der Waals surface area contributed by atoms with Crippen molar-refractivity contribution >= 4 is 29.7 Å². The van der Waals surface area contributed by atoms with Crippen molar-refractivity contribution in [2.45, 2.75) is 97.4 Å². The maximum absolute atomic E-state index is 14.1. The SMILES string of the molecule is CC(=O)OC[C@H]1O[C@@H](Oc2ccc3c(c2)OC(C)(C)C2=CCn4c(=O)n(-c5ccc(C(C)=O)cc5)c(=O)n4C23)[C@H](OC(C)=O)[C@@H](OC(C)=O)[C@@H]1OC(C)=O. The molecule has 6 rings (SSSR count). The second kappa shape index (κ2) is 14.5. The Morgan fingerprint density at radius 1 is 0.796 bits per heavy atom. The lowest BCUT2D eigenvalue weighted by Gasteiger charge is -2.44. The molecule has 0 aliphatic carbocycles. The Balaban J connectivity index is 1.39. The molecule has 17 heteroatoms. The van der Waals surface area contributed by atoms with Crippen molar-refractivity contribution in [2.75, 3.05) is 6.61 Å². The van der Waals surface area contributed by atoms with E-state index in [1.54, 1.807) is 36.4 Å². The van der Waals surface area contributed by atoms with Crippen LogP contribution in [0.5, 0.6) is 11.5 Å². The van der Waals surface area contributed by atoms with Crippen LogP contribution in [0.4, 0.5) is 0 Å². The number of carbonyl (C=O) groups excluding carboxylic acids is 5. The van der Waals surface area contributed by atoms with Gasteiger partial charge >= 0.3 is 35.3 Å². The second-order valence-electron chi connectivity index (χ2n) is 13.5. The van der Waals surface area contributed by atoms with Crippen molar-refractivity contribution in [3.05, 3.63) is 86.2 Å². The fourth-order valence-electron chi connectivity index (χ4n) is 6.93. The summed E-state index contributed by atoms with van der Waals surface area (Å²) >= 11 is 0. The monoisotopic (exact) mass is 749 g/mol. The third-order valence-electron chi connectivity index (χ3n) is 9.16. The summed E-state index contributed by atoms with van der Waals surface area (Å²) in [6, 6.07) is 10.1. The number of hydrogen-bond acceptors (Lipinski definition) is 14. The van der Waals surface area contributed by atoms with Gasteiger partial charge in [0.25, 0.3) is 0 Å². The summed E-state index contributed by atoms with van der Waals surface area (Å²) in [6.07, 6.45) is -5.16. The number of rotatable bonds is 9. The van der Waals surface area contributed by atoms with E-state index in [2.05, 4.69) is 0 Å². The highest BCUT2D eigenvalue weighted by Crippen LogP contribution is 2.47. The molecule has 17 nitrogen and oxygen atoms in total. The Morgan fingerprint density at radius 2 is 1.43 bits per heavy atom. The van der Waals surface area contributed by atoms with E-state index in [0.717, 1.165) is 30.9 Å². The number of benzene rings is 2. The minimum Gasteiger partial charge on any atom is -0.483 e. The lowest BCUT2D eigenvalue weighted by molar-refractivity contribution is -0.288. The van der Waals surface area contributed by atoms with Crippen molar-refractivity contribution in [1.82, 2.24) is 13.9 Å². The molecule has 0 N–H and O–H groups in total. The van der Waals surface area contributed by atoms with Crippen LogP contribution in [0.15, 0.2) is 63.7 Å². The predicted molar refractivity (Wildman–Crippen MR) is 184 cm³/mol. The number of aromatic nitrogens is 3. The van der Waals surface area contributed by atoms with E-state index >= 15 is 0 Å². The molecule has 2 aromatic carbocycles. The highest BCUT2D eigenvalue weighted by Gasteiger charge is 2.53. The van der Waals surface area contributed by atoms with E-state index in [0.29, 0.717) is 16.8 Å². The molecule has 0 bridgehead atoms. The van der Waals surface area contributed by atoms with Crippen LogP contribution >= 0.6 is 0 Å². The number of ether oxygens (including phenoxy) is 7. The number of carbonyl (C=O) groups is 5. The Kier molecular flexibility index (Phi) is 10.1. The maximum atomic E-state index is 14.1. The average Bonchev–Trinajstić information content (AvgIpc) is 3.34. The average molecular weight is 750 g/mol. The summed E-state index contributed by atoms with van der Waals surface area (Å²) in [7, 11) is 0. The number of allylic oxidation sites excluding steroid dienone is 1. The van der Waals surface area contributed by atoms with Gasteiger partial charge in [0.2, 0.25) is 12.4 Å². The third kappa shape index (κ3) is 7.18. The van der Waals surface area contributed by atoms with Crippen LogP contribution in [-0.2, 0) is 49.4 Å². The van der Waals surface area contributed by atoms with E-state index < -0.39 is 84.2 Å². The molecule has 0 saturated carbocycles. The summed E-state index contributed by atoms with van der Waals surface area (Å²) in [5.74, 6) is -2.77. The van der Waals surface area contributed by atoms with Crippen LogP contribution < -0.4 is 20.9 Å². The van der Waals surface area contributed by atoms with E-state index in [-0.39, 0.29) is 23.8 Å². The number of hydrogen-bond donors (Lipinski definition) is 0. The number of esters is 4. The quantitative estimate of drug-likeness (QED) is 0.133. The fourth-order valence-corrected chi connectivity index (χ4v) is 6.93. The molecule has 0 radical (unpaired) electrons. The first-order chi connectivity index (χ1) is 25.5. The fraction of sp³-hybridized carbons (Fsp3) is 0.432. The summed E-state index contributed by atoms with van der Waals surface area (Å²) < 4.78 is 44.1. The van der Waals surface area contributed by atoms with Gasteiger partial charge < -0.3 is 33.2 Å². The molecule has 1 saturated heterocycles. The Morgan fingerprint density at radius 3 is 2.04 bits per heavy atom. The summed E-state index contributed by atoms with van der Waals surface area (Å²) in [6.45, 7) is 9.24. The zero-order valence-electron chi connectivity index (χ0n) is 30.6. The van der Waals surface area contributed by atoms with Crippen molar-refractivity contribution in [2.24, 2.45) is 0 Å². The number of Topliss-reactive ketones (excluding diaryl/α,β-unsaturated/α-hetero) is 1. The van der Waals surface area contributed by atoms with E-state index in [4.69, 9.17) is 33.2 Å². The van der Waals surface area contributed by atoms with Gasteiger partial charge in [-0.1, -0.05) is 6.08 Å².